The molecule has 6 atom stereocenters. The Morgan fingerprint density at radius 1 is 1.23 bits per heavy atom. The summed E-state index contributed by atoms with van der Waals surface area (Å²) in [6, 6.07) is -0.683. The van der Waals surface area contributed by atoms with Crippen molar-refractivity contribution in [3.05, 3.63) is 24.3 Å². The van der Waals surface area contributed by atoms with Crippen LogP contribution in [0, 0.1) is 23.2 Å². The summed E-state index contributed by atoms with van der Waals surface area (Å²) in [5.74, 6) is 1.27. The molecule has 4 aliphatic rings. The van der Waals surface area contributed by atoms with Gasteiger partial charge in [-0.1, -0.05) is 27.7 Å². The van der Waals surface area contributed by atoms with Crippen molar-refractivity contribution < 1.29 is 18.9 Å². The first-order valence-corrected chi connectivity index (χ1v) is 14.1. The van der Waals surface area contributed by atoms with Crippen LogP contribution in [0.5, 0.6) is 0 Å². The number of nitrogens with one attached hydrogen (secondary N) is 2. The normalized spacial score (nSPS) is 30.3. The summed E-state index contributed by atoms with van der Waals surface area (Å²) >= 11 is 1.63. The molecule has 1 saturated heterocycles. The molecule has 3 saturated carbocycles. The lowest BCUT2D eigenvalue weighted by molar-refractivity contribution is -0.199. The molecule has 5 rings (SSSR count). The summed E-state index contributed by atoms with van der Waals surface area (Å²) in [6.45, 7) is 11.1. The van der Waals surface area contributed by atoms with Gasteiger partial charge in [0.25, 0.3) is 5.91 Å². The Bertz CT molecular complexity index is 920. The number of carbonyl (C=O) groups is 2. The minimum absolute atomic E-state index is 0.0551. The van der Waals surface area contributed by atoms with Gasteiger partial charge in [0.05, 0.1) is 23.8 Å². The van der Waals surface area contributed by atoms with E-state index >= 15 is 0 Å². The van der Waals surface area contributed by atoms with E-state index in [2.05, 4.69) is 55.2 Å². The molecule has 2 bridgehead atoms. The van der Waals surface area contributed by atoms with Crippen molar-refractivity contribution in [2.45, 2.75) is 84.0 Å². The lowest BCUT2D eigenvalue weighted by Gasteiger charge is -2.64. The Labute approximate surface area is 213 Å². The van der Waals surface area contributed by atoms with E-state index in [1.54, 1.807) is 11.8 Å². The Morgan fingerprint density at radius 2 is 2.00 bits per heavy atom. The van der Waals surface area contributed by atoms with Gasteiger partial charge in [0.2, 0.25) is 5.91 Å². The number of carbonyl (C=O) groups excluding carboxylic acids is 2. The van der Waals surface area contributed by atoms with Crippen LogP contribution in [0.4, 0.5) is 0 Å². The van der Waals surface area contributed by atoms with E-state index in [1.165, 1.54) is 25.0 Å². The average Bonchev–Trinajstić information content (AvgIpc) is 3.18. The van der Waals surface area contributed by atoms with Crippen molar-refractivity contribution in [2.75, 3.05) is 12.0 Å². The Kier molecular flexibility index (Phi) is 7.84. The number of nitrogens with zero attached hydrogens (tertiary/aromatic N) is 2. The van der Waals surface area contributed by atoms with E-state index < -0.39 is 19.1 Å². The zero-order valence-electron chi connectivity index (χ0n) is 21.7. The van der Waals surface area contributed by atoms with E-state index in [4.69, 9.17) is 9.31 Å². The van der Waals surface area contributed by atoms with Gasteiger partial charge >= 0.3 is 7.12 Å². The molecule has 10 heteroatoms. The maximum atomic E-state index is 13.5. The predicted molar refractivity (Wildman–Crippen MR) is 138 cm³/mol. The molecule has 0 spiro atoms. The highest BCUT2D eigenvalue weighted by Gasteiger charge is 2.68. The number of rotatable bonds is 10. The third kappa shape index (κ3) is 5.25. The Morgan fingerprint density at radius 3 is 2.63 bits per heavy atom. The quantitative estimate of drug-likeness (QED) is 0.474. The molecule has 0 radical (unpaired) electrons. The molecule has 1 aliphatic heterocycles. The summed E-state index contributed by atoms with van der Waals surface area (Å²) < 4.78 is 13.2. The van der Waals surface area contributed by atoms with Crippen molar-refractivity contribution in [3.63, 3.8) is 0 Å². The van der Waals surface area contributed by atoms with E-state index in [0.717, 1.165) is 18.6 Å². The van der Waals surface area contributed by atoms with Crippen LogP contribution in [-0.4, -0.2) is 64.6 Å². The summed E-state index contributed by atoms with van der Waals surface area (Å²) in [5.41, 5.74) is 0.115. The molecule has 1 aromatic heterocycles. The first kappa shape index (κ1) is 26.4. The lowest BCUT2D eigenvalue weighted by atomic mass is 9.43. The molecular formula is C25H39BN4O4S. The van der Waals surface area contributed by atoms with Crippen molar-refractivity contribution >= 4 is 30.7 Å². The van der Waals surface area contributed by atoms with Crippen LogP contribution in [0.3, 0.4) is 0 Å². The molecule has 2 amide bonds. The van der Waals surface area contributed by atoms with Crippen LogP contribution in [0.2, 0.25) is 0 Å². The van der Waals surface area contributed by atoms with Crippen LogP contribution in [0.15, 0.2) is 18.6 Å². The summed E-state index contributed by atoms with van der Waals surface area (Å²) in [7, 11) is -0.497. The van der Waals surface area contributed by atoms with Gasteiger partial charge < -0.3 is 19.9 Å². The second-order valence-electron chi connectivity index (χ2n) is 11.5. The third-order valence-electron chi connectivity index (χ3n) is 8.38. The van der Waals surface area contributed by atoms with Gasteiger partial charge in [0.1, 0.15) is 11.7 Å². The fourth-order valence-electron chi connectivity index (χ4n) is 6.25. The van der Waals surface area contributed by atoms with Crippen molar-refractivity contribution in [1.82, 2.24) is 20.6 Å². The lowest BCUT2D eigenvalue weighted by Crippen LogP contribution is -2.65. The van der Waals surface area contributed by atoms with Crippen LogP contribution in [0.25, 0.3) is 0 Å². The zero-order valence-corrected chi connectivity index (χ0v) is 22.6. The molecule has 1 aromatic rings. The molecule has 3 aliphatic carbocycles. The van der Waals surface area contributed by atoms with Crippen LogP contribution < -0.4 is 10.6 Å². The molecular weight excluding hydrogens is 463 g/mol. The fraction of sp³-hybridized carbons (Fsp3) is 0.760. The van der Waals surface area contributed by atoms with Crippen molar-refractivity contribution in [2.24, 2.45) is 23.2 Å². The monoisotopic (exact) mass is 502 g/mol. The molecule has 0 aromatic carbocycles. The summed E-state index contributed by atoms with van der Waals surface area (Å²) in [5, 5.41) is 6.03. The fourth-order valence-corrected chi connectivity index (χ4v) is 6.72. The van der Waals surface area contributed by atoms with Crippen LogP contribution in [0.1, 0.15) is 70.8 Å². The maximum Gasteiger partial charge on any atom is 0.481 e. The standard InChI is InChI=1S/C25H39BN4O4S/c1-15(2)11-21(26-33-20-13-16-12-19(24(16,3)4)25(20,5)34-26)30-22(31)17(7-10-35-6)29-23(32)18-14-27-8-9-28-18/h8-9,14-17,19-21H,7,10-13H2,1-6H3,(H,29,32)(H,30,31)/t16?,17-,19?,20?,21?,25+/m0/s1. The number of amides is 2. The maximum absolute atomic E-state index is 13.5. The topological polar surface area (TPSA) is 102 Å². The number of thioether (sulfide) groups is 1. The molecule has 4 unspecified atom stereocenters. The average molecular weight is 502 g/mol. The molecule has 2 N–H and O–H groups in total. The number of aromatic nitrogens is 2. The SMILES string of the molecule is CSCC[C@H](NC(=O)c1cnccn1)C(=O)NC(CC(C)C)B1OC2CC3CC(C3(C)C)[C@@]2(C)O1. The van der Waals surface area contributed by atoms with E-state index in [-0.39, 0.29) is 34.7 Å². The van der Waals surface area contributed by atoms with Crippen LogP contribution >= 0.6 is 11.8 Å². The number of hydrogen-bond acceptors (Lipinski definition) is 7. The highest BCUT2D eigenvalue weighted by molar-refractivity contribution is 7.98. The van der Waals surface area contributed by atoms with Crippen LogP contribution in [-0.2, 0) is 14.1 Å². The molecule has 2 heterocycles. The Balaban J connectivity index is 1.47. The van der Waals surface area contributed by atoms with Gasteiger partial charge in [-0.2, -0.15) is 11.8 Å². The molecule has 4 fully saturated rings. The zero-order chi connectivity index (χ0) is 25.4. The van der Waals surface area contributed by atoms with Crippen molar-refractivity contribution in [1.29, 1.82) is 0 Å². The van der Waals surface area contributed by atoms with Gasteiger partial charge in [-0.05, 0) is 67.8 Å². The molecule has 8 nitrogen and oxygen atoms in total. The Hall–Kier alpha value is -1.65. The highest BCUT2D eigenvalue weighted by atomic mass is 32.2. The van der Waals surface area contributed by atoms with Gasteiger partial charge in [-0.25, -0.2) is 4.98 Å². The van der Waals surface area contributed by atoms with Gasteiger partial charge in [-0.3, -0.25) is 14.6 Å². The second-order valence-corrected chi connectivity index (χ2v) is 12.5. The highest BCUT2D eigenvalue weighted by Crippen LogP contribution is 2.65. The first-order valence-electron chi connectivity index (χ1n) is 12.8. The van der Waals surface area contributed by atoms with Crippen molar-refractivity contribution in [3.8, 4) is 0 Å². The second kappa shape index (κ2) is 10.4. The van der Waals surface area contributed by atoms with Gasteiger partial charge in [0, 0.05) is 12.4 Å². The van der Waals surface area contributed by atoms with Gasteiger partial charge in [0.15, 0.2) is 0 Å². The minimum Gasteiger partial charge on any atom is -0.404 e. The number of hydrogen-bond donors (Lipinski definition) is 2. The molecule has 192 valence electrons. The summed E-state index contributed by atoms with van der Waals surface area (Å²) in [4.78, 5) is 34.2. The minimum atomic E-state index is -0.683. The first-order chi connectivity index (χ1) is 16.6. The third-order valence-corrected chi connectivity index (χ3v) is 9.02. The van der Waals surface area contributed by atoms with Gasteiger partial charge in [-0.15, -0.1) is 0 Å². The van der Waals surface area contributed by atoms with E-state index in [1.807, 2.05) is 6.26 Å². The van der Waals surface area contributed by atoms with E-state index in [9.17, 15) is 9.59 Å². The predicted octanol–water partition coefficient (Wildman–Crippen LogP) is 3.13. The largest absolute Gasteiger partial charge is 0.481 e. The molecule has 35 heavy (non-hydrogen) atoms. The van der Waals surface area contributed by atoms with E-state index in [0.29, 0.717) is 24.2 Å². The summed E-state index contributed by atoms with van der Waals surface area (Å²) in [6.07, 6.45) is 9.83. The smallest absolute Gasteiger partial charge is 0.404 e.